The second-order valence-corrected chi connectivity index (χ2v) is 20.9. The molecule has 0 saturated heterocycles. The summed E-state index contributed by atoms with van der Waals surface area (Å²) in [5, 5.41) is 18.6. The summed E-state index contributed by atoms with van der Waals surface area (Å²) in [7, 11) is -1.15. The molecular formula is C52H100NO9P. The van der Waals surface area contributed by atoms with Gasteiger partial charge in [0.1, 0.15) is 12.4 Å². The first-order valence-electron chi connectivity index (χ1n) is 26.1. The number of hydrogen-bond acceptors (Lipinski definition) is 9. The monoisotopic (exact) mass is 914 g/mol. The molecule has 0 aromatic carbocycles. The molecule has 0 spiro atoms. The fraction of sp³-hybridized carbons (Fsp3) is 0.885. The van der Waals surface area contributed by atoms with Crippen molar-refractivity contribution in [3.05, 3.63) is 24.3 Å². The molecule has 0 aliphatic rings. The van der Waals surface area contributed by atoms with Crippen molar-refractivity contribution in [2.45, 2.75) is 264 Å². The van der Waals surface area contributed by atoms with Gasteiger partial charge in [0.2, 0.25) is 0 Å². The van der Waals surface area contributed by atoms with E-state index in [2.05, 4.69) is 38.2 Å². The van der Waals surface area contributed by atoms with E-state index in [0.717, 1.165) is 32.1 Å². The average Bonchev–Trinajstić information content (AvgIpc) is 3.25. The Hall–Kier alpha value is -1.55. The number of nitrogens with zero attached hydrogens (tertiary/aromatic N) is 1. The first kappa shape index (κ1) is 61.5. The van der Waals surface area contributed by atoms with Crippen molar-refractivity contribution < 1.29 is 47.7 Å². The number of esters is 2. The van der Waals surface area contributed by atoms with Crippen LogP contribution in [0.4, 0.5) is 0 Å². The molecule has 0 amide bonds. The van der Waals surface area contributed by atoms with Crippen LogP contribution in [0.15, 0.2) is 24.3 Å². The summed E-state index contributed by atoms with van der Waals surface area (Å²) in [5.41, 5.74) is 0. The average molecular weight is 914 g/mol. The van der Waals surface area contributed by atoms with E-state index in [1.165, 1.54) is 167 Å². The Kier molecular flexibility index (Phi) is 42.0. The Balaban J connectivity index is 4.51. The minimum Gasteiger partial charge on any atom is -0.774 e. The first-order valence-corrected chi connectivity index (χ1v) is 27.8. The van der Waals surface area contributed by atoms with Crippen LogP contribution in [0.2, 0.25) is 0 Å². The number of quaternary nitrogens is 1. The summed E-state index contributed by atoms with van der Waals surface area (Å²) >= 11 is 0. The maximum absolute atomic E-state index is 13.2. The maximum Gasteiger partial charge on any atom is 0.306 e. The van der Waals surface area contributed by atoms with Gasteiger partial charge in [0.05, 0.1) is 27.2 Å². The molecule has 2 unspecified atom stereocenters. The summed E-state index contributed by atoms with van der Waals surface area (Å²) < 4.78 is 29.6. The molecule has 63 heavy (non-hydrogen) atoms. The summed E-state index contributed by atoms with van der Waals surface area (Å²) in [4.78, 5) is 38.7. The van der Waals surface area contributed by atoms with Crippen LogP contribution < -0.4 is 4.89 Å². The molecule has 0 bridgehead atoms. The van der Waals surface area contributed by atoms with Crippen molar-refractivity contribution in [2.75, 3.05) is 33.9 Å². The SMILES string of the molecule is CCCCC/C=C\CCCCCCCCCC/C=C\CCCCC(=O)O[C@H](COC(=O)CCCCCCCCCCCCCCCCC)COP(=O)([O-])C(C)[N+](C)(C)CCC(O)O. The van der Waals surface area contributed by atoms with Crippen LogP contribution in [0, 0.1) is 0 Å². The largest absolute Gasteiger partial charge is 0.774 e. The lowest BCUT2D eigenvalue weighted by molar-refractivity contribution is -0.902. The van der Waals surface area contributed by atoms with Gasteiger partial charge in [-0.2, -0.15) is 0 Å². The molecule has 3 atom stereocenters. The predicted octanol–water partition coefficient (Wildman–Crippen LogP) is 13.6. The van der Waals surface area contributed by atoms with Crippen molar-refractivity contribution >= 4 is 19.5 Å². The molecule has 0 aliphatic carbocycles. The van der Waals surface area contributed by atoms with E-state index >= 15 is 0 Å². The highest BCUT2D eigenvalue weighted by Gasteiger charge is 2.35. The number of carbonyl (C=O) groups excluding carboxylic acids is 2. The van der Waals surface area contributed by atoms with Crippen LogP contribution in [0.25, 0.3) is 0 Å². The van der Waals surface area contributed by atoms with Crippen molar-refractivity contribution in [1.29, 1.82) is 0 Å². The highest BCUT2D eigenvalue weighted by molar-refractivity contribution is 7.51. The second-order valence-electron chi connectivity index (χ2n) is 18.8. The summed E-state index contributed by atoms with van der Waals surface area (Å²) in [6.07, 6.45) is 45.8. The lowest BCUT2D eigenvalue weighted by atomic mass is 10.0. The Labute approximate surface area is 387 Å². The molecule has 10 nitrogen and oxygen atoms in total. The van der Waals surface area contributed by atoms with Crippen LogP contribution in [0.1, 0.15) is 245 Å². The van der Waals surface area contributed by atoms with Crippen molar-refractivity contribution in [2.24, 2.45) is 0 Å². The van der Waals surface area contributed by atoms with Crippen molar-refractivity contribution in [3.8, 4) is 0 Å². The van der Waals surface area contributed by atoms with E-state index in [1.54, 1.807) is 14.1 Å². The second kappa shape index (κ2) is 43.0. The van der Waals surface area contributed by atoms with Gasteiger partial charge in [0.25, 0.3) is 0 Å². The number of ether oxygens (including phenoxy) is 2. The van der Waals surface area contributed by atoms with E-state index in [9.17, 15) is 29.3 Å². The van der Waals surface area contributed by atoms with Gasteiger partial charge in [-0.05, 0) is 71.1 Å². The van der Waals surface area contributed by atoms with Gasteiger partial charge in [0, 0.05) is 19.3 Å². The minimum absolute atomic E-state index is 0.000874. The summed E-state index contributed by atoms with van der Waals surface area (Å²) in [6.45, 7) is 5.45. The van der Waals surface area contributed by atoms with Gasteiger partial charge in [-0.3, -0.25) is 9.59 Å². The number of carbonyl (C=O) groups is 2. The summed E-state index contributed by atoms with van der Waals surface area (Å²) in [6, 6.07) is 0. The van der Waals surface area contributed by atoms with E-state index in [4.69, 9.17) is 14.0 Å². The van der Waals surface area contributed by atoms with Crippen LogP contribution >= 0.6 is 7.60 Å². The number of allylic oxidation sites excluding steroid dienone is 4. The zero-order valence-corrected chi connectivity index (χ0v) is 42.5. The van der Waals surface area contributed by atoms with Crippen molar-refractivity contribution in [3.63, 3.8) is 0 Å². The molecule has 0 aromatic heterocycles. The predicted molar refractivity (Wildman–Crippen MR) is 260 cm³/mol. The molecule has 11 heteroatoms. The lowest BCUT2D eigenvalue weighted by Crippen LogP contribution is -2.50. The smallest absolute Gasteiger partial charge is 0.306 e. The zero-order chi connectivity index (χ0) is 46.7. The third-order valence-corrected chi connectivity index (χ3v) is 14.4. The molecular weight excluding hydrogens is 814 g/mol. The molecule has 0 heterocycles. The topological polar surface area (TPSA) is 142 Å². The number of aliphatic hydroxyl groups is 2. The van der Waals surface area contributed by atoms with E-state index in [1.807, 2.05) is 0 Å². The minimum atomic E-state index is -4.50. The highest BCUT2D eigenvalue weighted by Crippen LogP contribution is 2.46. The Morgan fingerprint density at radius 3 is 1.35 bits per heavy atom. The molecule has 0 aromatic rings. The van der Waals surface area contributed by atoms with Crippen LogP contribution in [0.5, 0.6) is 0 Å². The number of hydrogen-bond donors (Lipinski definition) is 2. The molecule has 0 saturated carbocycles. The fourth-order valence-corrected chi connectivity index (χ4v) is 9.14. The van der Waals surface area contributed by atoms with Gasteiger partial charge in [-0.15, -0.1) is 0 Å². The Morgan fingerprint density at radius 2 is 0.905 bits per heavy atom. The number of aliphatic hydroxyl groups excluding tert-OH is 1. The van der Waals surface area contributed by atoms with Gasteiger partial charge in [-0.25, -0.2) is 0 Å². The number of rotatable bonds is 47. The molecule has 372 valence electrons. The lowest BCUT2D eigenvalue weighted by Gasteiger charge is -2.42. The highest BCUT2D eigenvalue weighted by atomic mass is 31.2. The van der Waals surface area contributed by atoms with E-state index in [-0.39, 0.29) is 36.9 Å². The van der Waals surface area contributed by atoms with Gasteiger partial charge < -0.3 is 38.2 Å². The van der Waals surface area contributed by atoms with E-state index < -0.39 is 44.3 Å². The van der Waals surface area contributed by atoms with Gasteiger partial charge in [0.15, 0.2) is 20.0 Å². The normalized spacial score (nSPS) is 14.2. The zero-order valence-electron chi connectivity index (χ0n) is 41.6. The Morgan fingerprint density at radius 1 is 0.556 bits per heavy atom. The third-order valence-electron chi connectivity index (χ3n) is 12.4. The first-order chi connectivity index (χ1) is 30.4. The molecule has 0 aliphatic heterocycles. The molecule has 0 radical (unpaired) electrons. The van der Waals surface area contributed by atoms with Crippen LogP contribution in [-0.2, 0) is 28.2 Å². The van der Waals surface area contributed by atoms with Gasteiger partial charge >= 0.3 is 11.9 Å². The molecule has 2 N–H and O–H groups in total. The van der Waals surface area contributed by atoms with Crippen molar-refractivity contribution in [1.82, 2.24) is 0 Å². The maximum atomic E-state index is 13.2. The Bertz CT molecular complexity index is 1160. The van der Waals surface area contributed by atoms with Crippen LogP contribution in [-0.4, -0.2) is 78.7 Å². The summed E-state index contributed by atoms with van der Waals surface area (Å²) in [5.74, 6) is -1.90. The molecule has 0 fully saturated rings. The third kappa shape index (κ3) is 40.5. The van der Waals surface area contributed by atoms with Gasteiger partial charge in [-0.1, -0.05) is 179 Å². The fourth-order valence-electron chi connectivity index (χ4n) is 7.67. The molecule has 0 rings (SSSR count). The van der Waals surface area contributed by atoms with E-state index in [0.29, 0.717) is 12.8 Å². The van der Waals surface area contributed by atoms with Crippen LogP contribution in [0.3, 0.4) is 0 Å². The quantitative estimate of drug-likeness (QED) is 0.0152. The number of unbranched alkanes of at least 4 members (excludes halogenated alkanes) is 28. The standard InChI is InChI=1S/C52H100NO9P/c1-6-8-10-12-14-16-18-20-22-23-24-25-26-27-29-31-33-35-37-39-41-43-52(57)62-49(47-61-63(58,59)48(3)53(4,5)45-44-50(54)55)46-60-51(56)42-40-38-36-34-32-30-28-21-19-17-15-13-11-9-7-2/h14,16,33,35,48-50,54-55H,6-13,15,17-32,34,36-47H2,1-5H3/b16-14-,35-33-/t48?,49-/m1/s1.